The molecule has 1 aromatic carbocycles. The van der Waals surface area contributed by atoms with Crippen LogP contribution in [0, 0.1) is 5.41 Å². The molecule has 0 atom stereocenters. The van der Waals surface area contributed by atoms with Gasteiger partial charge < -0.3 is 5.11 Å². The third kappa shape index (κ3) is 3.52. The molecule has 2 rings (SSSR count). The van der Waals surface area contributed by atoms with Gasteiger partial charge in [-0.3, -0.25) is 0 Å². The van der Waals surface area contributed by atoms with E-state index in [1.807, 2.05) is 0 Å². The highest BCUT2D eigenvalue weighted by atomic mass is 35.5. The predicted molar refractivity (Wildman–Crippen MR) is 79.1 cm³/mol. The molecule has 0 spiro atoms. The van der Waals surface area contributed by atoms with Crippen LogP contribution in [0.5, 0.6) is 0 Å². The van der Waals surface area contributed by atoms with E-state index >= 15 is 0 Å². The van der Waals surface area contributed by atoms with E-state index in [0.29, 0.717) is 12.1 Å². The molecule has 0 radical (unpaired) electrons. The average Bonchev–Trinajstić information content (AvgIpc) is 3.18. The van der Waals surface area contributed by atoms with Crippen molar-refractivity contribution in [2.75, 3.05) is 6.54 Å². The maximum Gasteiger partial charge on any atom is 0.242 e. The van der Waals surface area contributed by atoms with Gasteiger partial charge >= 0.3 is 0 Å². The lowest BCUT2D eigenvalue weighted by Crippen LogP contribution is -2.30. The number of rotatable bonds is 7. The standard InChI is InChI=1S/C14H20ClNO3S/c1-2-5-14(6-7-14)10-16-20(18,19)13-8-11(9-17)3-4-12(13)15/h3-4,8,16-17H,2,5-7,9-10H2,1H3. The topological polar surface area (TPSA) is 66.4 Å². The number of aliphatic hydroxyl groups is 1. The van der Waals surface area contributed by atoms with Gasteiger partial charge in [0, 0.05) is 6.54 Å². The van der Waals surface area contributed by atoms with E-state index < -0.39 is 10.0 Å². The summed E-state index contributed by atoms with van der Waals surface area (Å²) in [4.78, 5) is 0.0398. The summed E-state index contributed by atoms with van der Waals surface area (Å²) < 4.78 is 27.3. The van der Waals surface area contributed by atoms with Crippen LogP contribution >= 0.6 is 11.6 Å². The van der Waals surface area contributed by atoms with Crippen LogP contribution in [-0.4, -0.2) is 20.1 Å². The molecule has 112 valence electrons. The molecule has 0 amide bonds. The van der Waals surface area contributed by atoms with Crippen molar-refractivity contribution in [3.8, 4) is 0 Å². The van der Waals surface area contributed by atoms with Crippen LogP contribution in [0.15, 0.2) is 23.1 Å². The number of benzene rings is 1. The van der Waals surface area contributed by atoms with Crippen molar-refractivity contribution >= 4 is 21.6 Å². The number of aliphatic hydroxyl groups excluding tert-OH is 1. The van der Waals surface area contributed by atoms with Crippen LogP contribution in [0.25, 0.3) is 0 Å². The maximum atomic E-state index is 12.3. The molecule has 1 aliphatic rings. The number of hydrogen-bond donors (Lipinski definition) is 2. The van der Waals surface area contributed by atoms with Gasteiger partial charge in [-0.2, -0.15) is 0 Å². The van der Waals surface area contributed by atoms with Crippen LogP contribution < -0.4 is 4.72 Å². The van der Waals surface area contributed by atoms with Gasteiger partial charge in [0.25, 0.3) is 0 Å². The summed E-state index contributed by atoms with van der Waals surface area (Å²) in [6.07, 6.45) is 4.25. The van der Waals surface area contributed by atoms with Crippen molar-refractivity contribution in [2.24, 2.45) is 5.41 Å². The van der Waals surface area contributed by atoms with Gasteiger partial charge in [0.05, 0.1) is 11.6 Å². The Morgan fingerprint density at radius 3 is 2.65 bits per heavy atom. The Kier molecular flexibility index (Phi) is 4.74. The fourth-order valence-corrected chi connectivity index (χ4v) is 4.11. The molecule has 1 saturated carbocycles. The van der Waals surface area contributed by atoms with Gasteiger partial charge in [-0.15, -0.1) is 0 Å². The van der Waals surface area contributed by atoms with E-state index in [9.17, 15) is 8.42 Å². The molecule has 1 aliphatic carbocycles. The molecule has 1 aromatic rings. The summed E-state index contributed by atoms with van der Waals surface area (Å²) >= 11 is 5.96. The molecule has 0 bridgehead atoms. The van der Waals surface area contributed by atoms with E-state index in [2.05, 4.69) is 11.6 Å². The Bertz CT molecular complexity index is 582. The van der Waals surface area contributed by atoms with Crippen molar-refractivity contribution in [3.05, 3.63) is 28.8 Å². The number of nitrogens with one attached hydrogen (secondary N) is 1. The zero-order chi connectivity index (χ0) is 14.8. The highest BCUT2D eigenvalue weighted by Gasteiger charge is 2.42. The summed E-state index contributed by atoms with van der Waals surface area (Å²) in [5.41, 5.74) is 0.674. The minimum atomic E-state index is -3.63. The van der Waals surface area contributed by atoms with E-state index in [-0.39, 0.29) is 21.9 Å². The van der Waals surface area contributed by atoms with Gasteiger partial charge in [0.1, 0.15) is 4.90 Å². The van der Waals surface area contributed by atoms with Gasteiger partial charge in [0.2, 0.25) is 10.0 Å². The monoisotopic (exact) mass is 317 g/mol. The second-order valence-electron chi connectivity index (χ2n) is 5.50. The van der Waals surface area contributed by atoms with Crippen molar-refractivity contribution < 1.29 is 13.5 Å². The second kappa shape index (κ2) is 6.02. The summed E-state index contributed by atoms with van der Waals surface area (Å²) in [6, 6.07) is 4.53. The summed E-state index contributed by atoms with van der Waals surface area (Å²) in [7, 11) is -3.63. The third-order valence-corrected chi connectivity index (χ3v) is 5.73. The van der Waals surface area contributed by atoms with Crippen LogP contribution in [0.2, 0.25) is 5.02 Å². The fourth-order valence-electron chi connectivity index (χ4n) is 2.40. The minimum Gasteiger partial charge on any atom is -0.392 e. The van der Waals surface area contributed by atoms with Crippen molar-refractivity contribution in [1.82, 2.24) is 4.72 Å². The second-order valence-corrected chi connectivity index (χ2v) is 7.64. The van der Waals surface area contributed by atoms with Crippen molar-refractivity contribution in [1.29, 1.82) is 0 Å². The van der Waals surface area contributed by atoms with E-state index in [1.165, 1.54) is 12.1 Å². The summed E-state index contributed by atoms with van der Waals surface area (Å²) in [5, 5.41) is 9.28. The summed E-state index contributed by atoms with van der Waals surface area (Å²) in [5.74, 6) is 0. The predicted octanol–water partition coefficient (Wildman–Crippen LogP) is 2.69. The fraction of sp³-hybridized carbons (Fsp3) is 0.571. The molecular weight excluding hydrogens is 298 g/mol. The molecule has 0 heterocycles. The normalized spacial score (nSPS) is 17.1. The van der Waals surface area contributed by atoms with E-state index in [1.54, 1.807) is 6.07 Å². The lowest BCUT2D eigenvalue weighted by molar-refractivity contribution is 0.281. The molecule has 20 heavy (non-hydrogen) atoms. The largest absolute Gasteiger partial charge is 0.392 e. The Morgan fingerprint density at radius 1 is 1.40 bits per heavy atom. The lowest BCUT2D eigenvalue weighted by Gasteiger charge is -2.16. The molecule has 0 unspecified atom stereocenters. The minimum absolute atomic E-state index is 0.0398. The lowest BCUT2D eigenvalue weighted by atomic mass is 10.0. The van der Waals surface area contributed by atoms with Crippen LogP contribution in [0.1, 0.15) is 38.2 Å². The third-order valence-electron chi connectivity index (χ3n) is 3.84. The van der Waals surface area contributed by atoms with E-state index in [4.69, 9.17) is 16.7 Å². The van der Waals surface area contributed by atoms with Gasteiger partial charge in [-0.25, -0.2) is 13.1 Å². The Hall–Kier alpha value is -0.620. The van der Waals surface area contributed by atoms with E-state index in [0.717, 1.165) is 25.7 Å². The van der Waals surface area contributed by atoms with Crippen LogP contribution in [0.4, 0.5) is 0 Å². The number of hydrogen-bond acceptors (Lipinski definition) is 3. The first-order valence-corrected chi connectivity index (χ1v) is 8.67. The van der Waals surface area contributed by atoms with Gasteiger partial charge in [-0.05, 0) is 42.4 Å². The number of sulfonamides is 1. The molecule has 2 N–H and O–H groups in total. The highest BCUT2D eigenvalue weighted by Crippen LogP contribution is 2.49. The Balaban J connectivity index is 2.14. The zero-order valence-electron chi connectivity index (χ0n) is 11.5. The molecule has 4 nitrogen and oxygen atoms in total. The first-order valence-electron chi connectivity index (χ1n) is 6.81. The van der Waals surface area contributed by atoms with Gasteiger partial charge in [0.15, 0.2) is 0 Å². The maximum absolute atomic E-state index is 12.3. The summed E-state index contributed by atoms with van der Waals surface area (Å²) in [6.45, 7) is 2.36. The molecule has 0 aromatic heterocycles. The number of halogens is 1. The SMILES string of the molecule is CCCC1(CNS(=O)(=O)c2cc(CO)ccc2Cl)CC1. The first kappa shape index (κ1) is 15.8. The molecule has 0 saturated heterocycles. The Morgan fingerprint density at radius 2 is 2.10 bits per heavy atom. The smallest absolute Gasteiger partial charge is 0.242 e. The van der Waals surface area contributed by atoms with Crippen LogP contribution in [-0.2, 0) is 16.6 Å². The zero-order valence-corrected chi connectivity index (χ0v) is 13.1. The Labute approximate surface area is 125 Å². The average molecular weight is 318 g/mol. The van der Waals surface area contributed by atoms with Crippen LogP contribution in [0.3, 0.4) is 0 Å². The molecule has 1 fully saturated rings. The molecule has 0 aliphatic heterocycles. The molecular formula is C14H20ClNO3S. The first-order chi connectivity index (χ1) is 9.42. The molecule has 6 heteroatoms. The quantitative estimate of drug-likeness (QED) is 0.812. The van der Waals surface area contributed by atoms with Crippen molar-refractivity contribution in [3.63, 3.8) is 0 Å². The highest BCUT2D eigenvalue weighted by molar-refractivity contribution is 7.89. The van der Waals surface area contributed by atoms with Gasteiger partial charge in [-0.1, -0.05) is 31.0 Å². The van der Waals surface area contributed by atoms with Crippen molar-refractivity contribution in [2.45, 2.75) is 44.1 Å².